The predicted molar refractivity (Wildman–Crippen MR) is 86.5 cm³/mol. The van der Waals surface area contributed by atoms with Gasteiger partial charge in [0.05, 0.1) is 10.3 Å². The third-order valence-corrected chi connectivity index (χ3v) is 4.79. The first-order valence-corrected chi connectivity index (χ1v) is 8.45. The molecule has 1 aliphatic heterocycles. The number of phosphoric ester groups is 1. The Labute approximate surface area is 136 Å². The van der Waals surface area contributed by atoms with Gasteiger partial charge in [-0.3, -0.25) is 10.1 Å². The van der Waals surface area contributed by atoms with Gasteiger partial charge in [-0.25, -0.2) is 0 Å². The molecule has 0 N–H and O–H groups in total. The van der Waals surface area contributed by atoms with Crippen LogP contribution in [0.4, 0.5) is 5.69 Å². The summed E-state index contributed by atoms with van der Waals surface area (Å²) in [7, 11) is -3.94. The van der Waals surface area contributed by atoms with Gasteiger partial charge in [-0.05, 0) is 29.7 Å². The first-order chi connectivity index (χ1) is 11.5. The maximum absolute atomic E-state index is 12.8. The van der Waals surface area contributed by atoms with Crippen LogP contribution in [0.5, 0.6) is 17.2 Å². The fourth-order valence-corrected chi connectivity index (χ4v) is 3.76. The minimum absolute atomic E-state index is 0.0961. The van der Waals surface area contributed by atoms with Crippen LogP contribution in [0.1, 0.15) is 0 Å². The molecule has 120 valence electrons. The second-order valence-corrected chi connectivity index (χ2v) is 6.52. The van der Waals surface area contributed by atoms with Crippen LogP contribution in [0, 0.1) is 10.1 Å². The van der Waals surface area contributed by atoms with Crippen molar-refractivity contribution >= 4 is 24.3 Å². The molecule has 1 heterocycles. The van der Waals surface area contributed by atoms with E-state index in [0.717, 1.165) is 10.8 Å². The maximum Gasteiger partial charge on any atom is 0.647 e. The van der Waals surface area contributed by atoms with Crippen molar-refractivity contribution in [1.29, 1.82) is 0 Å². The van der Waals surface area contributed by atoms with Crippen molar-refractivity contribution in [3.8, 4) is 17.2 Å². The van der Waals surface area contributed by atoms with E-state index in [2.05, 4.69) is 0 Å². The van der Waals surface area contributed by atoms with E-state index < -0.39 is 12.7 Å². The zero-order valence-electron chi connectivity index (χ0n) is 12.1. The minimum atomic E-state index is -3.94. The fraction of sp³-hybridized carbons (Fsp3) is 0. The Kier molecular flexibility index (Phi) is 3.18. The van der Waals surface area contributed by atoms with Gasteiger partial charge in [-0.1, -0.05) is 24.3 Å². The Morgan fingerprint density at radius 3 is 2.04 bits per heavy atom. The van der Waals surface area contributed by atoms with Crippen LogP contribution in [0.2, 0.25) is 0 Å². The van der Waals surface area contributed by atoms with Gasteiger partial charge in [0.2, 0.25) is 0 Å². The number of hydrogen-bond donors (Lipinski definition) is 0. The fourth-order valence-electron chi connectivity index (χ4n) is 2.48. The second-order valence-electron chi connectivity index (χ2n) is 5.08. The van der Waals surface area contributed by atoms with Gasteiger partial charge in [0, 0.05) is 12.1 Å². The average molecular weight is 343 g/mol. The van der Waals surface area contributed by atoms with Crippen molar-refractivity contribution in [3.63, 3.8) is 0 Å². The van der Waals surface area contributed by atoms with Crippen LogP contribution in [0.25, 0.3) is 10.8 Å². The normalized spacial score (nSPS) is 14.5. The van der Waals surface area contributed by atoms with Gasteiger partial charge in [0.25, 0.3) is 5.69 Å². The van der Waals surface area contributed by atoms with Crippen molar-refractivity contribution < 1.29 is 23.1 Å². The molecule has 24 heavy (non-hydrogen) atoms. The average Bonchev–Trinajstić information content (AvgIpc) is 2.55. The van der Waals surface area contributed by atoms with Crippen LogP contribution in [0.3, 0.4) is 0 Å². The summed E-state index contributed by atoms with van der Waals surface area (Å²) in [4.78, 5) is 10.1. The number of nitro groups is 1. The summed E-state index contributed by atoms with van der Waals surface area (Å²) in [6.45, 7) is 0. The summed E-state index contributed by atoms with van der Waals surface area (Å²) in [5.74, 6) is 0.953. The first-order valence-electron chi connectivity index (χ1n) is 6.99. The van der Waals surface area contributed by atoms with Crippen LogP contribution in [0.15, 0.2) is 60.7 Å². The number of hydrogen-bond acceptors (Lipinski definition) is 6. The first kappa shape index (κ1) is 14.5. The molecule has 8 heteroatoms. The van der Waals surface area contributed by atoms with Crippen molar-refractivity contribution in [1.82, 2.24) is 0 Å². The number of nitrogens with zero attached hydrogens (tertiary/aromatic N) is 1. The molecule has 0 aliphatic carbocycles. The highest BCUT2D eigenvalue weighted by Gasteiger charge is 2.38. The molecule has 1 aliphatic rings. The Balaban J connectivity index is 1.67. The molecule has 3 aromatic carbocycles. The molecule has 4 rings (SSSR count). The van der Waals surface area contributed by atoms with Gasteiger partial charge in [-0.2, -0.15) is 4.57 Å². The molecule has 0 fully saturated rings. The van der Waals surface area contributed by atoms with E-state index in [1.54, 1.807) is 24.3 Å². The van der Waals surface area contributed by atoms with Crippen LogP contribution >= 0.6 is 7.82 Å². The lowest BCUT2D eigenvalue weighted by Gasteiger charge is -2.25. The summed E-state index contributed by atoms with van der Waals surface area (Å²) < 4.78 is 29.1. The molecule has 7 nitrogen and oxygen atoms in total. The lowest BCUT2D eigenvalue weighted by Crippen LogP contribution is -2.11. The minimum Gasteiger partial charge on any atom is -0.386 e. The number of phosphoric acid groups is 1. The SMILES string of the molecule is O=[N+]([O-])c1ccc(OP2(=O)Oc3cccc4cccc(c34)O2)cc1. The van der Waals surface area contributed by atoms with Crippen molar-refractivity contribution in [2.24, 2.45) is 0 Å². The number of rotatable bonds is 3. The molecule has 0 unspecified atom stereocenters. The summed E-state index contributed by atoms with van der Waals surface area (Å²) in [6.07, 6.45) is 0. The molecule has 0 amide bonds. The summed E-state index contributed by atoms with van der Waals surface area (Å²) in [5.41, 5.74) is -0.0961. The lowest BCUT2D eigenvalue weighted by atomic mass is 10.1. The molecular weight excluding hydrogens is 333 g/mol. The summed E-state index contributed by atoms with van der Waals surface area (Å²) in [6, 6.07) is 15.9. The van der Waals surface area contributed by atoms with Crippen LogP contribution in [-0.2, 0) is 4.57 Å². The van der Waals surface area contributed by atoms with E-state index in [-0.39, 0.29) is 11.4 Å². The molecule has 0 saturated carbocycles. The molecule has 3 aromatic rings. The highest BCUT2D eigenvalue weighted by Crippen LogP contribution is 2.56. The summed E-state index contributed by atoms with van der Waals surface area (Å²) in [5, 5.41) is 12.3. The van der Waals surface area contributed by atoms with Crippen molar-refractivity contribution in [2.75, 3.05) is 0 Å². The van der Waals surface area contributed by atoms with E-state index in [1.165, 1.54) is 24.3 Å². The molecule has 0 radical (unpaired) electrons. The van der Waals surface area contributed by atoms with Gasteiger partial charge in [-0.15, -0.1) is 0 Å². The highest BCUT2D eigenvalue weighted by molar-refractivity contribution is 7.50. The quantitative estimate of drug-likeness (QED) is 0.389. The molecular formula is C16H10NO6P. The van der Waals surface area contributed by atoms with E-state index >= 15 is 0 Å². The predicted octanol–water partition coefficient (Wildman–Crippen LogP) is 4.71. The molecule has 0 bridgehead atoms. The van der Waals surface area contributed by atoms with Crippen LogP contribution in [-0.4, -0.2) is 4.92 Å². The number of nitro benzene ring substituents is 1. The summed E-state index contributed by atoms with van der Waals surface area (Å²) >= 11 is 0. The number of non-ortho nitro benzene ring substituents is 1. The second kappa shape index (κ2) is 5.25. The van der Waals surface area contributed by atoms with Gasteiger partial charge < -0.3 is 13.6 Å². The number of benzene rings is 3. The van der Waals surface area contributed by atoms with Crippen molar-refractivity contribution in [2.45, 2.75) is 0 Å². The maximum atomic E-state index is 12.8. The van der Waals surface area contributed by atoms with Crippen LogP contribution < -0.4 is 13.6 Å². The van der Waals surface area contributed by atoms with E-state index in [4.69, 9.17) is 13.6 Å². The largest absolute Gasteiger partial charge is 0.647 e. The zero-order valence-corrected chi connectivity index (χ0v) is 13.0. The molecule has 0 spiro atoms. The third-order valence-electron chi connectivity index (χ3n) is 3.51. The third kappa shape index (κ3) is 2.45. The molecule has 0 aromatic heterocycles. The Morgan fingerprint density at radius 1 is 0.917 bits per heavy atom. The Hall–Kier alpha value is -3.05. The Bertz CT molecular complexity index is 956. The van der Waals surface area contributed by atoms with Gasteiger partial charge in [0.1, 0.15) is 17.2 Å². The Morgan fingerprint density at radius 2 is 1.50 bits per heavy atom. The van der Waals surface area contributed by atoms with Crippen molar-refractivity contribution in [3.05, 3.63) is 70.8 Å². The molecule has 0 atom stereocenters. The zero-order chi connectivity index (χ0) is 16.7. The molecule has 0 saturated heterocycles. The monoisotopic (exact) mass is 343 g/mol. The van der Waals surface area contributed by atoms with Gasteiger partial charge in [0.15, 0.2) is 0 Å². The smallest absolute Gasteiger partial charge is 0.386 e. The van der Waals surface area contributed by atoms with E-state index in [1.807, 2.05) is 12.1 Å². The lowest BCUT2D eigenvalue weighted by molar-refractivity contribution is -0.384. The standard InChI is InChI=1S/C16H10NO6P/c18-17(19)12-7-9-13(10-8-12)21-24(20)22-14-5-1-3-11-4-2-6-15(23-24)16(11)14/h1-10H. The van der Waals surface area contributed by atoms with Gasteiger partial charge >= 0.3 is 7.82 Å². The highest BCUT2D eigenvalue weighted by atomic mass is 31.2. The van der Waals surface area contributed by atoms with E-state index in [0.29, 0.717) is 11.5 Å². The topological polar surface area (TPSA) is 87.9 Å². The van der Waals surface area contributed by atoms with E-state index in [9.17, 15) is 14.7 Å².